The normalized spacial score (nSPS) is 15.5. The number of hydrogen-bond acceptors (Lipinski definition) is 9. The van der Waals surface area contributed by atoms with Crippen molar-refractivity contribution in [1.29, 1.82) is 0 Å². The van der Waals surface area contributed by atoms with Gasteiger partial charge >= 0.3 is 0 Å². The van der Waals surface area contributed by atoms with Crippen molar-refractivity contribution in [2.45, 2.75) is 0 Å². The molecule has 1 fully saturated rings. The number of nitrogen functional groups attached to an aromatic ring is 1. The highest BCUT2D eigenvalue weighted by Crippen LogP contribution is 2.39. The molecule has 10 nitrogen and oxygen atoms in total. The molecule has 5 rings (SSSR count). The number of rotatable bonds is 4. The van der Waals surface area contributed by atoms with Gasteiger partial charge in [0.25, 0.3) is 5.91 Å². The van der Waals surface area contributed by atoms with Crippen LogP contribution in [-0.2, 0) is 4.74 Å². The molecule has 0 saturated carbocycles. The smallest absolute Gasteiger partial charge is 0.277 e. The molecular formula is C21H22N6O4. The number of nitrogens with two attached hydrogens (primary N) is 1. The van der Waals surface area contributed by atoms with Crippen LogP contribution in [0.1, 0.15) is 10.5 Å². The van der Waals surface area contributed by atoms with Gasteiger partial charge in [-0.25, -0.2) is 9.97 Å². The van der Waals surface area contributed by atoms with Gasteiger partial charge in [0.15, 0.2) is 5.69 Å². The zero-order valence-corrected chi connectivity index (χ0v) is 16.8. The summed E-state index contributed by atoms with van der Waals surface area (Å²) in [6, 6.07) is 7.20. The van der Waals surface area contributed by atoms with E-state index in [0.29, 0.717) is 49.3 Å². The lowest BCUT2D eigenvalue weighted by Gasteiger charge is -2.32. The number of aromatic nitrogens is 2. The molecule has 1 amide bonds. The number of carbonyl (C=O) groups is 1. The van der Waals surface area contributed by atoms with Crippen molar-refractivity contribution in [3.63, 3.8) is 0 Å². The van der Waals surface area contributed by atoms with Crippen LogP contribution in [0.25, 0.3) is 11.5 Å². The fraction of sp³-hybridized carbons (Fsp3) is 0.286. The summed E-state index contributed by atoms with van der Waals surface area (Å²) < 4.78 is 16.7. The molecule has 0 bridgehead atoms. The minimum absolute atomic E-state index is 0.167. The lowest BCUT2D eigenvalue weighted by atomic mass is 10.1. The minimum Gasteiger partial charge on any atom is -0.490 e. The molecular weight excluding hydrogens is 400 g/mol. The molecule has 0 radical (unpaired) electrons. The SMILES string of the molecule is Nc1cc(-c2nc(C(=O)Nc3cc4c(cc3N3CCOCC3)OCCN4)co2)ccn1. The number of ether oxygens (including phenoxy) is 2. The predicted octanol–water partition coefficient (Wildman–Crippen LogP) is 2.21. The molecule has 0 unspecified atom stereocenters. The Hall–Kier alpha value is -3.79. The summed E-state index contributed by atoms with van der Waals surface area (Å²) in [6.07, 6.45) is 2.89. The molecule has 0 atom stereocenters. The number of carbonyl (C=O) groups excluding carboxylic acids is 1. The van der Waals surface area contributed by atoms with E-state index in [0.717, 1.165) is 30.2 Å². The highest BCUT2D eigenvalue weighted by atomic mass is 16.5. The van der Waals surface area contributed by atoms with Gasteiger partial charge in [-0.3, -0.25) is 4.79 Å². The van der Waals surface area contributed by atoms with E-state index >= 15 is 0 Å². The Morgan fingerprint density at radius 1 is 1.19 bits per heavy atom. The molecule has 10 heteroatoms. The number of fused-ring (bicyclic) bond motifs is 1. The molecule has 4 N–H and O–H groups in total. The summed E-state index contributed by atoms with van der Waals surface area (Å²) in [5, 5.41) is 6.28. The van der Waals surface area contributed by atoms with Gasteiger partial charge in [-0.2, -0.15) is 0 Å². The summed E-state index contributed by atoms with van der Waals surface area (Å²) in [5.41, 5.74) is 8.92. The highest BCUT2D eigenvalue weighted by molar-refractivity contribution is 6.05. The number of amides is 1. The van der Waals surface area contributed by atoms with Gasteiger partial charge in [0.2, 0.25) is 5.89 Å². The van der Waals surface area contributed by atoms with Crippen LogP contribution in [0.2, 0.25) is 0 Å². The Labute approximate surface area is 178 Å². The molecule has 160 valence electrons. The zero-order valence-electron chi connectivity index (χ0n) is 16.8. The van der Waals surface area contributed by atoms with Crippen LogP contribution >= 0.6 is 0 Å². The van der Waals surface area contributed by atoms with E-state index in [1.165, 1.54) is 6.26 Å². The van der Waals surface area contributed by atoms with Gasteiger partial charge in [-0.15, -0.1) is 0 Å². The van der Waals surface area contributed by atoms with Crippen LogP contribution in [0.4, 0.5) is 22.9 Å². The number of nitrogens with one attached hydrogen (secondary N) is 2. The quantitative estimate of drug-likeness (QED) is 0.580. The first-order valence-electron chi connectivity index (χ1n) is 10.0. The van der Waals surface area contributed by atoms with Crippen molar-refractivity contribution in [1.82, 2.24) is 9.97 Å². The van der Waals surface area contributed by atoms with Crippen molar-refractivity contribution < 1.29 is 18.7 Å². The fourth-order valence-electron chi connectivity index (χ4n) is 3.62. The Kier molecular flexibility index (Phi) is 5.04. The average molecular weight is 422 g/mol. The van der Waals surface area contributed by atoms with Gasteiger partial charge < -0.3 is 35.2 Å². The lowest BCUT2D eigenvalue weighted by Crippen LogP contribution is -2.37. The second-order valence-corrected chi connectivity index (χ2v) is 7.20. The first kappa shape index (κ1) is 19.2. The van der Waals surface area contributed by atoms with E-state index in [4.69, 9.17) is 19.6 Å². The number of morpholine rings is 1. The minimum atomic E-state index is -0.372. The number of hydrogen-bond donors (Lipinski definition) is 3. The van der Waals surface area contributed by atoms with Crippen molar-refractivity contribution >= 4 is 28.8 Å². The van der Waals surface area contributed by atoms with Crippen LogP contribution in [0, 0.1) is 0 Å². The van der Waals surface area contributed by atoms with Crippen molar-refractivity contribution in [3.8, 4) is 17.2 Å². The summed E-state index contributed by atoms with van der Waals surface area (Å²) in [7, 11) is 0. The Balaban J connectivity index is 1.43. The second kappa shape index (κ2) is 8.15. The zero-order chi connectivity index (χ0) is 21.2. The standard InChI is InChI=1S/C21H22N6O4/c22-19-9-13(1-2-24-19)21-26-16(12-31-21)20(28)25-14-10-15-18(30-6-3-23-15)11-17(14)27-4-7-29-8-5-27/h1-2,9-12,23H,3-8H2,(H2,22,24)(H,25,28). The second-order valence-electron chi connectivity index (χ2n) is 7.20. The molecule has 0 spiro atoms. The first-order valence-corrected chi connectivity index (χ1v) is 10.0. The van der Waals surface area contributed by atoms with Gasteiger partial charge in [-0.05, 0) is 18.2 Å². The summed E-state index contributed by atoms with van der Waals surface area (Å²) in [5.74, 6) is 1.04. The number of oxazole rings is 1. The number of nitrogens with zero attached hydrogens (tertiary/aromatic N) is 3. The Morgan fingerprint density at radius 3 is 2.90 bits per heavy atom. The Bertz CT molecular complexity index is 1110. The largest absolute Gasteiger partial charge is 0.490 e. The maximum Gasteiger partial charge on any atom is 0.277 e. The van der Waals surface area contributed by atoms with Crippen molar-refractivity contribution in [2.24, 2.45) is 0 Å². The number of pyridine rings is 1. The van der Waals surface area contributed by atoms with E-state index in [2.05, 4.69) is 25.5 Å². The van der Waals surface area contributed by atoms with Gasteiger partial charge in [-0.1, -0.05) is 0 Å². The topological polar surface area (TPSA) is 128 Å². The van der Waals surface area contributed by atoms with Crippen LogP contribution in [0.3, 0.4) is 0 Å². The summed E-state index contributed by atoms with van der Waals surface area (Å²) >= 11 is 0. The van der Waals surface area contributed by atoms with Gasteiger partial charge in [0.1, 0.15) is 24.4 Å². The average Bonchev–Trinajstić information content (AvgIpc) is 3.30. The van der Waals surface area contributed by atoms with E-state index in [-0.39, 0.29) is 11.6 Å². The third kappa shape index (κ3) is 3.97. The molecule has 1 aromatic carbocycles. The third-order valence-electron chi connectivity index (χ3n) is 5.14. The molecule has 2 aromatic heterocycles. The van der Waals surface area contributed by atoms with E-state index in [1.54, 1.807) is 18.3 Å². The van der Waals surface area contributed by atoms with E-state index in [1.807, 2.05) is 12.1 Å². The third-order valence-corrected chi connectivity index (χ3v) is 5.14. The first-order chi connectivity index (χ1) is 15.2. The number of anilines is 4. The fourth-order valence-corrected chi connectivity index (χ4v) is 3.62. The molecule has 31 heavy (non-hydrogen) atoms. The van der Waals surface area contributed by atoms with E-state index < -0.39 is 0 Å². The van der Waals surface area contributed by atoms with Crippen molar-refractivity contribution in [3.05, 3.63) is 42.4 Å². The van der Waals surface area contributed by atoms with Crippen molar-refractivity contribution in [2.75, 3.05) is 60.7 Å². The maximum absolute atomic E-state index is 13.0. The van der Waals surface area contributed by atoms with Crippen LogP contribution in [0.5, 0.6) is 5.75 Å². The molecule has 2 aliphatic rings. The summed E-state index contributed by atoms with van der Waals surface area (Å²) in [4.78, 5) is 23.4. The highest BCUT2D eigenvalue weighted by Gasteiger charge is 2.22. The summed E-state index contributed by atoms with van der Waals surface area (Å²) in [6.45, 7) is 4.03. The molecule has 3 aromatic rings. The molecule has 1 saturated heterocycles. The Morgan fingerprint density at radius 2 is 2.06 bits per heavy atom. The van der Waals surface area contributed by atoms with Gasteiger partial charge in [0, 0.05) is 37.5 Å². The molecule has 0 aliphatic carbocycles. The van der Waals surface area contributed by atoms with E-state index in [9.17, 15) is 4.79 Å². The maximum atomic E-state index is 13.0. The van der Waals surface area contributed by atoms with Crippen LogP contribution in [-0.4, -0.2) is 55.3 Å². The number of benzene rings is 1. The monoisotopic (exact) mass is 422 g/mol. The molecule has 2 aliphatic heterocycles. The molecule has 4 heterocycles. The van der Waals surface area contributed by atoms with Crippen LogP contribution in [0.15, 0.2) is 41.1 Å². The lowest BCUT2D eigenvalue weighted by molar-refractivity contribution is 0.102. The predicted molar refractivity (Wildman–Crippen MR) is 116 cm³/mol. The van der Waals surface area contributed by atoms with Gasteiger partial charge in [0.05, 0.1) is 30.3 Å². The van der Waals surface area contributed by atoms with Crippen LogP contribution < -0.4 is 26.0 Å².